The molecule has 15 heterocycles. The van der Waals surface area contributed by atoms with Crippen molar-refractivity contribution in [3.8, 4) is 119 Å². The molecule has 15 aromatic heterocycles. The fraction of sp³-hybridized carbons (Fsp3) is 0.0256. The first-order valence-corrected chi connectivity index (χ1v) is 44.7. The van der Waals surface area contributed by atoms with E-state index in [2.05, 4.69) is 379 Å². The Morgan fingerprint density at radius 1 is 0.225 bits per heavy atom. The molecule has 0 aliphatic rings. The SMILES string of the molecule is Cn1c(-c2[c-]c3c(cc2)c2cc(-n4cccc4)ccc2n3-c2[c-]c(-c3ccc(-n4cccc4)cn3)ccc2)nc2ccccc21.Cn1c(-c2[c-]c3c(cc2)c2cc(-n4cccc4)ccc2n3-c2[c-]c(-c3ccccn3)ccc2)nc2ccc(-n3cccc3)cc21.Cn1c(-c2[c-]c3c(cc2)c2ccccc2n3-c2[c-]c(-c3ccc(-n4cccc4)cn3)ccc2-n2cccc2)nc2ccccc21.[Pt+2].[Pt+2].[Pt+2]. The first-order chi connectivity index (χ1) is 66.6. The Morgan fingerprint density at radius 3 is 1.04 bits per heavy atom. The number of aromatic nitrogens is 18. The van der Waals surface area contributed by atoms with Crippen molar-refractivity contribution >= 4 is 98.5 Å². The van der Waals surface area contributed by atoms with Gasteiger partial charge in [-0.25, -0.2) is 0 Å². The average molecular weight is 2320 g/mol. The van der Waals surface area contributed by atoms with Gasteiger partial charge in [-0.3, -0.25) is 15.0 Å². The molecule has 0 bridgehead atoms. The summed E-state index contributed by atoms with van der Waals surface area (Å²) in [4.78, 5) is 29.2. The number of fused-ring (bicyclic) bond motifs is 12. The number of pyridine rings is 3. The third kappa shape index (κ3) is 15.5. The van der Waals surface area contributed by atoms with E-state index >= 15 is 0 Å². The third-order valence-corrected chi connectivity index (χ3v) is 25.6. The van der Waals surface area contributed by atoms with Gasteiger partial charge < -0.3 is 69.8 Å². The van der Waals surface area contributed by atoms with Gasteiger partial charge in [0.25, 0.3) is 0 Å². The number of nitrogens with zero attached hydrogens (tertiary/aromatic N) is 18. The van der Waals surface area contributed by atoms with Crippen LogP contribution in [0.1, 0.15) is 0 Å². The number of rotatable bonds is 15. The molecular weight excluding hydrogens is 2240 g/mol. The summed E-state index contributed by atoms with van der Waals surface area (Å²) in [5.41, 5.74) is 29.7. The maximum absolute atomic E-state index is 5.06. The normalized spacial score (nSPS) is 11.4. The molecule has 21 heteroatoms. The summed E-state index contributed by atoms with van der Waals surface area (Å²) < 4.78 is 25.9. The van der Waals surface area contributed by atoms with E-state index < -0.39 is 0 Å². The van der Waals surface area contributed by atoms with Gasteiger partial charge in [0.15, 0.2) is 0 Å². The van der Waals surface area contributed by atoms with Gasteiger partial charge in [-0.15, -0.1) is 155 Å². The van der Waals surface area contributed by atoms with Crippen LogP contribution in [0.4, 0.5) is 0 Å². The zero-order chi connectivity index (χ0) is 89.7. The smallest absolute Gasteiger partial charge is 0.367 e. The fourth-order valence-electron chi connectivity index (χ4n) is 19.0. The number of aryl methyl sites for hydroxylation is 3. The summed E-state index contributed by atoms with van der Waals surface area (Å²) in [6.45, 7) is 0. The maximum Gasteiger partial charge on any atom is 2.00 e. The molecule has 0 saturated carbocycles. The molecular formula is C117H78N18Pt3. The number of benzene rings is 12. The minimum Gasteiger partial charge on any atom is -0.367 e. The summed E-state index contributed by atoms with van der Waals surface area (Å²) in [6, 6.07) is 135. The summed E-state index contributed by atoms with van der Waals surface area (Å²) in [6.07, 6.45) is 30.2. The minimum absolute atomic E-state index is 0. The van der Waals surface area contributed by atoms with Crippen LogP contribution in [0.25, 0.3) is 218 Å². The van der Waals surface area contributed by atoms with E-state index in [0.717, 1.165) is 218 Å². The van der Waals surface area contributed by atoms with Crippen LogP contribution < -0.4 is 0 Å². The molecule has 666 valence electrons. The molecule has 0 amide bonds. The van der Waals surface area contributed by atoms with Crippen LogP contribution >= 0.6 is 0 Å². The molecule has 0 aliphatic heterocycles. The van der Waals surface area contributed by atoms with Gasteiger partial charge in [-0.2, -0.15) is 0 Å². The Labute approximate surface area is 836 Å². The van der Waals surface area contributed by atoms with E-state index in [0.29, 0.717) is 0 Å². The topological polar surface area (TPSA) is 136 Å². The Morgan fingerprint density at radius 2 is 0.587 bits per heavy atom. The predicted octanol–water partition coefficient (Wildman–Crippen LogP) is 25.7. The number of hydrogen-bond acceptors (Lipinski definition) is 6. The van der Waals surface area contributed by atoms with Gasteiger partial charge in [-0.1, -0.05) is 82.9 Å². The molecule has 0 fully saturated rings. The van der Waals surface area contributed by atoms with Crippen molar-refractivity contribution in [1.29, 1.82) is 0 Å². The van der Waals surface area contributed by atoms with Crippen molar-refractivity contribution in [2.45, 2.75) is 0 Å². The van der Waals surface area contributed by atoms with Crippen molar-refractivity contribution in [3.63, 3.8) is 0 Å². The van der Waals surface area contributed by atoms with Crippen LogP contribution in [0, 0.1) is 36.4 Å². The molecule has 27 rings (SSSR count). The second-order valence-electron chi connectivity index (χ2n) is 33.5. The zero-order valence-electron chi connectivity index (χ0n) is 74.3. The average Bonchev–Trinajstić information content (AvgIpc) is 1.58. The van der Waals surface area contributed by atoms with Crippen LogP contribution in [-0.2, 0) is 84.3 Å². The Kier molecular flexibility index (Phi) is 23.0. The summed E-state index contributed by atoms with van der Waals surface area (Å²) in [7, 11) is 6.20. The molecule has 12 aromatic carbocycles. The van der Waals surface area contributed by atoms with Gasteiger partial charge in [0, 0.05) is 135 Å². The van der Waals surface area contributed by atoms with Gasteiger partial charge in [0.2, 0.25) is 0 Å². The van der Waals surface area contributed by atoms with Crippen molar-refractivity contribution in [1.82, 2.24) is 84.7 Å². The van der Waals surface area contributed by atoms with Crippen LogP contribution in [0.5, 0.6) is 0 Å². The van der Waals surface area contributed by atoms with E-state index in [1.54, 1.807) is 0 Å². The molecule has 0 unspecified atom stereocenters. The van der Waals surface area contributed by atoms with Crippen LogP contribution in [-0.4, -0.2) is 84.7 Å². The minimum atomic E-state index is 0. The molecule has 18 nitrogen and oxygen atoms in total. The first-order valence-electron chi connectivity index (χ1n) is 44.7. The summed E-state index contributed by atoms with van der Waals surface area (Å²) in [5, 5.41) is 6.82. The maximum atomic E-state index is 5.06. The van der Waals surface area contributed by atoms with Gasteiger partial charge in [0.1, 0.15) is 0 Å². The first kappa shape index (κ1) is 87.0. The van der Waals surface area contributed by atoms with E-state index in [4.69, 9.17) is 24.9 Å². The van der Waals surface area contributed by atoms with Crippen molar-refractivity contribution in [2.75, 3.05) is 0 Å². The van der Waals surface area contributed by atoms with Crippen molar-refractivity contribution in [2.24, 2.45) is 21.1 Å². The third-order valence-electron chi connectivity index (χ3n) is 25.6. The molecule has 0 aliphatic carbocycles. The Hall–Kier alpha value is -16.4. The number of hydrogen-bond donors (Lipinski definition) is 0. The molecule has 0 saturated heterocycles. The quantitative estimate of drug-likeness (QED) is 0.0938. The van der Waals surface area contributed by atoms with Crippen molar-refractivity contribution < 1.29 is 63.2 Å². The monoisotopic (exact) mass is 2320 g/mol. The second-order valence-corrected chi connectivity index (χ2v) is 33.5. The summed E-state index contributed by atoms with van der Waals surface area (Å²) >= 11 is 0. The zero-order valence-corrected chi connectivity index (χ0v) is 81.2. The van der Waals surface area contributed by atoms with Crippen LogP contribution in [0.2, 0.25) is 0 Å². The molecule has 0 N–H and O–H groups in total. The van der Waals surface area contributed by atoms with E-state index in [1.165, 1.54) is 0 Å². The standard InChI is InChI=1S/3C39H26N6.3Pt/c1-42-35-13-5-3-11-33(35)41-39(42)28-14-17-31-30-10-2-4-12-34(30)45(37(31)25-28)38-24-27(15-19-36(38)44-22-8-9-23-44)32-18-16-29(26-40-32)43-20-6-7-21-43;1-42-38-26-30(44-21-6-7-22-44)13-16-35(38)41-39(42)28-12-15-32-33-25-29(43-19-4-5-20-43)14-17-36(33)45(37(32)24-28)31-10-8-9-27(23-31)34-11-2-3-18-40-34;1-42-37-12-3-2-11-35(37)41-39(42)28-13-16-32-33-25-29(43-19-4-5-20-43)15-18-36(33)45(38(32)24-28)30-10-8-9-27(23-30)34-17-14-31(26-40-34)44-21-6-7-22-44;;;/h2-23,26H,1H3;2*2-22,25-26H,1H3;;;/q3*-2;3*+2. The van der Waals surface area contributed by atoms with Crippen LogP contribution in [0.3, 0.4) is 0 Å². The number of imidazole rings is 3. The molecule has 27 aromatic rings. The molecule has 0 radical (unpaired) electrons. The predicted molar refractivity (Wildman–Crippen MR) is 540 cm³/mol. The molecule has 0 spiro atoms. The Bertz CT molecular complexity index is 9130. The van der Waals surface area contributed by atoms with Gasteiger partial charge in [0.05, 0.1) is 61.9 Å². The Balaban J connectivity index is 0.000000118. The van der Waals surface area contributed by atoms with Gasteiger partial charge >= 0.3 is 63.2 Å². The van der Waals surface area contributed by atoms with Gasteiger partial charge in [-0.05, 0) is 261 Å². The second kappa shape index (κ2) is 36.5. The molecule has 0 atom stereocenters. The molecule has 138 heavy (non-hydrogen) atoms. The van der Waals surface area contributed by atoms with Crippen molar-refractivity contribution in [3.05, 3.63) is 457 Å². The van der Waals surface area contributed by atoms with E-state index in [9.17, 15) is 0 Å². The van der Waals surface area contributed by atoms with E-state index in [1.807, 2.05) is 159 Å². The fourth-order valence-corrected chi connectivity index (χ4v) is 19.0. The van der Waals surface area contributed by atoms with E-state index in [-0.39, 0.29) is 63.2 Å². The largest absolute Gasteiger partial charge is 2.00 e. The van der Waals surface area contributed by atoms with Crippen LogP contribution in [0.15, 0.2) is 421 Å². The number of para-hydroxylation sites is 5. The summed E-state index contributed by atoms with van der Waals surface area (Å²) in [5.74, 6) is 2.63.